The number of phenols is 1. The zero-order valence-corrected chi connectivity index (χ0v) is 12.6. The number of ether oxygens (including phenoxy) is 1. The Bertz CT molecular complexity index is 709. The van der Waals surface area contributed by atoms with Gasteiger partial charge in [-0.1, -0.05) is 36.4 Å². The molecule has 2 aromatic carbocycles. The van der Waals surface area contributed by atoms with E-state index in [1.807, 2.05) is 44.2 Å². The highest BCUT2D eigenvalue weighted by molar-refractivity contribution is 6.08. The first-order valence-electron chi connectivity index (χ1n) is 6.97. The van der Waals surface area contributed by atoms with Gasteiger partial charge in [0.05, 0.1) is 11.8 Å². The van der Waals surface area contributed by atoms with Gasteiger partial charge in [-0.2, -0.15) is 0 Å². The minimum atomic E-state index is -0.255. The lowest BCUT2D eigenvalue weighted by atomic mass is 10.1. The molecule has 0 aliphatic heterocycles. The third-order valence-corrected chi connectivity index (χ3v) is 2.89. The van der Waals surface area contributed by atoms with Gasteiger partial charge in [-0.15, -0.1) is 0 Å². The molecule has 0 aliphatic rings. The highest BCUT2D eigenvalue weighted by Gasteiger charge is 2.09. The number of allylic oxidation sites excluding steroid dienone is 2. The number of rotatable bonds is 5. The number of ketones is 1. The van der Waals surface area contributed by atoms with Crippen LogP contribution in [0.25, 0.3) is 6.08 Å². The van der Waals surface area contributed by atoms with Crippen molar-refractivity contribution in [2.45, 2.75) is 13.8 Å². The Kier molecular flexibility index (Phi) is 5.15. The molecule has 0 aliphatic carbocycles. The molecule has 0 aromatic heterocycles. The quantitative estimate of drug-likeness (QED) is 0.498. The first-order chi connectivity index (χ1) is 10.6. The second-order valence-electron chi connectivity index (χ2n) is 5.10. The van der Waals surface area contributed by atoms with Crippen LogP contribution in [0.5, 0.6) is 11.5 Å². The molecule has 0 radical (unpaired) electrons. The van der Waals surface area contributed by atoms with Gasteiger partial charge < -0.3 is 9.84 Å². The molecule has 112 valence electrons. The number of hydrogen-bond donors (Lipinski definition) is 1. The second-order valence-corrected chi connectivity index (χ2v) is 5.10. The van der Waals surface area contributed by atoms with E-state index in [-0.39, 0.29) is 17.1 Å². The summed E-state index contributed by atoms with van der Waals surface area (Å²) < 4.78 is 5.36. The van der Waals surface area contributed by atoms with Crippen LogP contribution < -0.4 is 4.74 Å². The van der Waals surface area contributed by atoms with E-state index < -0.39 is 0 Å². The lowest BCUT2D eigenvalue weighted by molar-refractivity contribution is 0.104. The van der Waals surface area contributed by atoms with E-state index in [0.29, 0.717) is 5.75 Å². The molecule has 22 heavy (non-hydrogen) atoms. The van der Waals surface area contributed by atoms with Crippen molar-refractivity contribution in [2.75, 3.05) is 0 Å². The summed E-state index contributed by atoms with van der Waals surface area (Å²) in [4.78, 5) is 12.1. The third-order valence-electron chi connectivity index (χ3n) is 2.89. The van der Waals surface area contributed by atoms with Gasteiger partial charge in [-0.05, 0) is 43.2 Å². The fourth-order valence-electron chi connectivity index (χ4n) is 1.80. The summed E-state index contributed by atoms with van der Waals surface area (Å²) >= 11 is 0. The Labute approximate surface area is 130 Å². The molecule has 1 N–H and O–H groups in total. The van der Waals surface area contributed by atoms with Crippen LogP contribution in [0.3, 0.4) is 0 Å². The van der Waals surface area contributed by atoms with Crippen molar-refractivity contribution in [1.29, 1.82) is 0 Å². The normalized spacial score (nSPS) is 10.5. The monoisotopic (exact) mass is 294 g/mol. The molecule has 0 heterocycles. The Morgan fingerprint density at radius 2 is 1.82 bits per heavy atom. The predicted octanol–water partition coefficient (Wildman–Crippen LogP) is 4.59. The van der Waals surface area contributed by atoms with Gasteiger partial charge in [0, 0.05) is 6.07 Å². The van der Waals surface area contributed by atoms with Crippen LogP contribution in [-0.2, 0) is 0 Å². The smallest absolute Gasteiger partial charge is 0.189 e. The summed E-state index contributed by atoms with van der Waals surface area (Å²) in [7, 11) is 0. The van der Waals surface area contributed by atoms with Crippen molar-refractivity contribution >= 4 is 11.9 Å². The van der Waals surface area contributed by atoms with Gasteiger partial charge in [0.15, 0.2) is 5.78 Å². The summed E-state index contributed by atoms with van der Waals surface area (Å²) in [6.07, 6.45) is 4.75. The van der Waals surface area contributed by atoms with Crippen LogP contribution in [0.4, 0.5) is 0 Å². The average Bonchev–Trinajstić information content (AvgIpc) is 2.51. The van der Waals surface area contributed by atoms with E-state index in [2.05, 4.69) is 0 Å². The molecule has 0 spiro atoms. The van der Waals surface area contributed by atoms with Crippen LogP contribution in [0.2, 0.25) is 0 Å². The van der Waals surface area contributed by atoms with E-state index in [1.54, 1.807) is 24.5 Å². The van der Waals surface area contributed by atoms with Crippen molar-refractivity contribution in [3.63, 3.8) is 0 Å². The number of carbonyl (C=O) groups excluding carboxylic acids is 1. The van der Waals surface area contributed by atoms with Crippen LogP contribution in [0.15, 0.2) is 66.4 Å². The zero-order chi connectivity index (χ0) is 15.9. The van der Waals surface area contributed by atoms with Crippen molar-refractivity contribution < 1.29 is 14.6 Å². The number of benzene rings is 2. The summed E-state index contributed by atoms with van der Waals surface area (Å²) in [5.74, 6) is 0.139. The zero-order valence-electron chi connectivity index (χ0n) is 12.6. The molecular formula is C19H18O3. The molecule has 0 fully saturated rings. The fourth-order valence-corrected chi connectivity index (χ4v) is 1.80. The van der Waals surface area contributed by atoms with Crippen LogP contribution >= 0.6 is 0 Å². The van der Waals surface area contributed by atoms with Gasteiger partial charge in [0.1, 0.15) is 11.5 Å². The highest BCUT2D eigenvalue weighted by atomic mass is 16.5. The minimum absolute atomic E-state index is 0.0950. The van der Waals surface area contributed by atoms with Crippen molar-refractivity contribution in [2.24, 2.45) is 0 Å². The number of aromatic hydroxyl groups is 1. The SMILES string of the molecule is CC(C)=COc1ccc(C(=O)/C=C/c2ccccc2)c(O)c1. The van der Waals surface area contributed by atoms with Crippen LogP contribution in [-0.4, -0.2) is 10.9 Å². The molecule has 0 bridgehead atoms. The predicted molar refractivity (Wildman–Crippen MR) is 88.0 cm³/mol. The van der Waals surface area contributed by atoms with Gasteiger partial charge in [-0.3, -0.25) is 4.79 Å². The molecule has 0 amide bonds. The van der Waals surface area contributed by atoms with Crippen LogP contribution in [0, 0.1) is 0 Å². The Morgan fingerprint density at radius 1 is 1.09 bits per heavy atom. The van der Waals surface area contributed by atoms with Gasteiger partial charge in [-0.25, -0.2) is 0 Å². The summed E-state index contributed by atoms with van der Waals surface area (Å²) in [6.45, 7) is 3.82. The van der Waals surface area contributed by atoms with Crippen molar-refractivity contribution in [1.82, 2.24) is 0 Å². The molecule has 2 rings (SSSR count). The molecule has 3 nitrogen and oxygen atoms in total. The maximum Gasteiger partial charge on any atom is 0.189 e. The van der Waals surface area contributed by atoms with E-state index >= 15 is 0 Å². The topological polar surface area (TPSA) is 46.5 Å². The number of hydrogen-bond acceptors (Lipinski definition) is 3. The van der Waals surface area contributed by atoms with E-state index in [9.17, 15) is 9.90 Å². The van der Waals surface area contributed by atoms with E-state index in [1.165, 1.54) is 12.1 Å². The minimum Gasteiger partial charge on any atom is -0.507 e. The highest BCUT2D eigenvalue weighted by Crippen LogP contribution is 2.25. The van der Waals surface area contributed by atoms with Gasteiger partial charge in [0.25, 0.3) is 0 Å². The maximum absolute atomic E-state index is 12.1. The average molecular weight is 294 g/mol. The lowest BCUT2D eigenvalue weighted by Crippen LogP contribution is -1.95. The summed E-state index contributed by atoms with van der Waals surface area (Å²) in [5.41, 5.74) is 2.18. The number of phenolic OH excluding ortho intramolecular Hbond substituents is 1. The van der Waals surface area contributed by atoms with Crippen molar-refractivity contribution in [3.8, 4) is 11.5 Å². The molecule has 2 aromatic rings. The molecule has 0 saturated carbocycles. The Hall–Kier alpha value is -2.81. The molecule has 0 atom stereocenters. The fraction of sp³-hybridized carbons (Fsp3) is 0.105. The van der Waals surface area contributed by atoms with Gasteiger partial charge in [0.2, 0.25) is 0 Å². The largest absolute Gasteiger partial charge is 0.507 e. The molecule has 3 heteroatoms. The Morgan fingerprint density at radius 3 is 2.45 bits per heavy atom. The Balaban J connectivity index is 2.13. The first-order valence-corrected chi connectivity index (χ1v) is 6.97. The number of carbonyl (C=O) groups is 1. The maximum atomic E-state index is 12.1. The standard InChI is InChI=1S/C19H18O3/c1-14(2)13-22-16-9-10-17(19(21)12-16)18(20)11-8-15-6-4-3-5-7-15/h3-13,21H,1-2H3/b11-8+. The third kappa shape index (κ3) is 4.35. The summed E-state index contributed by atoms with van der Waals surface area (Å²) in [6, 6.07) is 14.2. The molecule has 0 saturated heterocycles. The first kappa shape index (κ1) is 15.6. The molecule has 0 unspecified atom stereocenters. The second kappa shape index (κ2) is 7.27. The lowest BCUT2D eigenvalue weighted by Gasteiger charge is -2.05. The van der Waals surface area contributed by atoms with Crippen LogP contribution in [0.1, 0.15) is 29.8 Å². The van der Waals surface area contributed by atoms with Crippen molar-refractivity contribution in [3.05, 3.63) is 77.6 Å². The van der Waals surface area contributed by atoms with Gasteiger partial charge >= 0.3 is 0 Å². The van der Waals surface area contributed by atoms with E-state index in [4.69, 9.17) is 4.74 Å². The summed E-state index contributed by atoms with van der Waals surface area (Å²) in [5, 5.41) is 9.97. The molecular weight excluding hydrogens is 276 g/mol. The van der Waals surface area contributed by atoms with E-state index in [0.717, 1.165) is 11.1 Å².